The zero-order chi connectivity index (χ0) is 16.4. The second-order valence-electron chi connectivity index (χ2n) is 5.34. The van der Waals surface area contributed by atoms with Crippen LogP contribution >= 0.6 is 0 Å². The lowest BCUT2D eigenvalue weighted by atomic mass is 10.1. The fourth-order valence-corrected chi connectivity index (χ4v) is 2.31. The highest BCUT2D eigenvalue weighted by Crippen LogP contribution is 2.07. The predicted octanol–water partition coefficient (Wildman–Crippen LogP) is -0.498. The Morgan fingerprint density at radius 3 is 2.55 bits per heavy atom. The summed E-state index contributed by atoms with van der Waals surface area (Å²) in [5, 5.41) is 2.56. The minimum atomic E-state index is -0.496. The molecule has 0 aromatic carbocycles. The third kappa shape index (κ3) is 3.16. The largest absolute Gasteiger partial charge is 0.350 e. The third-order valence-corrected chi connectivity index (χ3v) is 3.49. The Hall–Kier alpha value is -2.64. The molecule has 4 amide bonds. The van der Waals surface area contributed by atoms with Gasteiger partial charge in [-0.05, 0) is 25.5 Å². The molecule has 0 bridgehead atoms. The molecule has 8 nitrogen and oxygen atoms in total. The van der Waals surface area contributed by atoms with Crippen LogP contribution in [-0.2, 0) is 16.1 Å². The van der Waals surface area contributed by atoms with E-state index in [1.165, 1.54) is 11.9 Å². The van der Waals surface area contributed by atoms with E-state index < -0.39 is 17.8 Å². The van der Waals surface area contributed by atoms with Gasteiger partial charge in [0.2, 0.25) is 5.91 Å². The molecule has 0 radical (unpaired) electrons. The maximum Gasteiger partial charge on any atom is 0.327 e. The number of pyridine rings is 1. The summed E-state index contributed by atoms with van der Waals surface area (Å²) in [7, 11) is 1.49. The van der Waals surface area contributed by atoms with Gasteiger partial charge in [0.1, 0.15) is 13.1 Å². The molecule has 2 heterocycles. The molecule has 1 aliphatic rings. The van der Waals surface area contributed by atoms with Crippen LogP contribution in [0.4, 0.5) is 4.79 Å². The van der Waals surface area contributed by atoms with Gasteiger partial charge in [-0.2, -0.15) is 0 Å². The van der Waals surface area contributed by atoms with Crippen LogP contribution in [0.3, 0.4) is 0 Å². The molecular weight excluding hydrogens is 288 g/mol. The topological polar surface area (TPSA) is 103 Å². The van der Waals surface area contributed by atoms with Gasteiger partial charge in [-0.15, -0.1) is 0 Å². The maximum atomic E-state index is 11.9. The Balaban J connectivity index is 1.98. The van der Waals surface area contributed by atoms with Crippen molar-refractivity contribution in [1.82, 2.24) is 20.1 Å². The molecule has 1 fully saturated rings. The summed E-state index contributed by atoms with van der Waals surface area (Å²) in [5.74, 6) is -0.900. The van der Waals surface area contributed by atoms with Crippen LogP contribution in [0, 0.1) is 13.8 Å². The summed E-state index contributed by atoms with van der Waals surface area (Å²) in [5.41, 5.74) is 1.71. The highest BCUT2D eigenvalue weighted by molar-refractivity contribution is 6.04. The fraction of sp³-hybridized carbons (Fsp3) is 0.429. The monoisotopic (exact) mass is 306 g/mol. The number of nitrogens with one attached hydrogen (secondary N) is 2. The van der Waals surface area contributed by atoms with E-state index in [0.717, 1.165) is 16.2 Å². The zero-order valence-electron chi connectivity index (χ0n) is 12.7. The quantitative estimate of drug-likeness (QED) is 0.732. The van der Waals surface area contributed by atoms with Gasteiger partial charge in [-0.1, -0.05) is 0 Å². The SMILES string of the molecule is Cc1cc(C)c(CNC(=O)CN2C(=O)CN(C)C2=O)c(=O)[nH]1. The number of aromatic amines is 1. The van der Waals surface area contributed by atoms with E-state index in [1.807, 2.05) is 6.07 Å². The Morgan fingerprint density at radius 2 is 2.00 bits per heavy atom. The molecular formula is C14H18N4O4. The number of hydrogen-bond acceptors (Lipinski definition) is 4. The number of carbonyl (C=O) groups excluding carboxylic acids is 3. The first kappa shape index (κ1) is 15.7. The van der Waals surface area contributed by atoms with Gasteiger partial charge in [-0.25, -0.2) is 4.79 Å². The lowest BCUT2D eigenvalue weighted by molar-refractivity contribution is -0.130. The Morgan fingerprint density at radius 1 is 1.32 bits per heavy atom. The van der Waals surface area contributed by atoms with E-state index in [9.17, 15) is 19.2 Å². The molecule has 0 saturated carbocycles. The number of urea groups is 1. The first-order chi connectivity index (χ1) is 10.3. The Kier molecular flexibility index (Phi) is 4.30. The van der Waals surface area contributed by atoms with Crippen LogP contribution in [-0.4, -0.2) is 52.8 Å². The zero-order valence-corrected chi connectivity index (χ0v) is 12.7. The van der Waals surface area contributed by atoms with Gasteiger partial charge in [0.25, 0.3) is 11.5 Å². The van der Waals surface area contributed by atoms with E-state index in [-0.39, 0.29) is 25.2 Å². The number of aromatic nitrogens is 1. The van der Waals surface area contributed by atoms with Crippen molar-refractivity contribution in [3.63, 3.8) is 0 Å². The normalized spacial score (nSPS) is 14.7. The molecule has 0 unspecified atom stereocenters. The molecule has 2 N–H and O–H groups in total. The summed E-state index contributed by atoms with van der Waals surface area (Å²) in [6.07, 6.45) is 0. The summed E-state index contributed by atoms with van der Waals surface area (Å²) < 4.78 is 0. The Bertz CT molecular complexity index is 695. The molecule has 1 saturated heterocycles. The van der Waals surface area contributed by atoms with Gasteiger partial charge in [-0.3, -0.25) is 19.3 Å². The number of hydrogen-bond donors (Lipinski definition) is 2. The second kappa shape index (κ2) is 6.00. The molecule has 118 valence electrons. The standard InChI is InChI=1S/C14H18N4O4/c1-8-4-9(2)16-13(21)10(8)5-15-11(19)6-18-12(20)7-17(3)14(18)22/h4H,5-7H2,1-3H3,(H,15,19)(H,16,21). The smallest absolute Gasteiger partial charge is 0.327 e. The van der Waals surface area contributed by atoms with Crippen molar-refractivity contribution in [3.8, 4) is 0 Å². The highest BCUT2D eigenvalue weighted by Gasteiger charge is 2.34. The first-order valence-electron chi connectivity index (χ1n) is 6.81. The van der Waals surface area contributed by atoms with Crippen LogP contribution in [0.15, 0.2) is 10.9 Å². The van der Waals surface area contributed by atoms with E-state index in [2.05, 4.69) is 10.3 Å². The fourth-order valence-electron chi connectivity index (χ4n) is 2.31. The summed E-state index contributed by atoms with van der Waals surface area (Å²) in [4.78, 5) is 51.7. The van der Waals surface area contributed by atoms with Crippen LogP contribution < -0.4 is 10.9 Å². The number of H-pyrrole nitrogens is 1. The highest BCUT2D eigenvalue weighted by atomic mass is 16.2. The van der Waals surface area contributed by atoms with E-state index >= 15 is 0 Å². The van der Waals surface area contributed by atoms with Crippen molar-refractivity contribution in [2.45, 2.75) is 20.4 Å². The number of aryl methyl sites for hydroxylation is 2. The van der Waals surface area contributed by atoms with Crippen LogP contribution in [0.25, 0.3) is 0 Å². The maximum absolute atomic E-state index is 11.9. The Labute approximate surface area is 127 Å². The minimum Gasteiger partial charge on any atom is -0.350 e. The number of imide groups is 1. The molecule has 0 atom stereocenters. The van der Waals surface area contributed by atoms with Crippen molar-refractivity contribution in [1.29, 1.82) is 0 Å². The van der Waals surface area contributed by atoms with Crippen LogP contribution in [0.2, 0.25) is 0 Å². The van der Waals surface area contributed by atoms with Gasteiger partial charge < -0.3 is 15.2 Å². The second-order valence-corrected chi connectivity index (χ2v) is 5.34. The number of nitrogens with zero attached hydrogens (tertiary/aromatic N) is 2. The number of likely N-dealkylation sites (N-methyl/N-ethyl adjacent to an activating group) is 1. The first-order valence-corrected chi connectivity index (χ1v) is 6.81. The summed E-state index contributed by atoms with van der Waals surface area (Å²) in [6, 6.07) is 1.32. The number of rotatable bonds is 4. The summed E-state index contributed by atoms with van der Waals surface area (Å²) >= 11 is 0. The molecule has 0 aliphatic carbocycles. The molecule has 1 aliphatic heterocycles. The average molecular weight is 306 g/mol. The lowest BCUT2D eigenvalue weighted by Crippen LogP contribution is -2.41. The molecule has 1 aromatic rings. The predicted molar refractivity (Wildman–Crippen MR) is 78.1 cm³/mol. The van der Waals surface area contributed by atoms with Crippen LogP contribution in [0.5, 0.6) is 0 Å². The van der Waals surface area contributed by atoms with Crippen molar-refractivity contribution in [2.75, 3.05) is 20.1 Å². The van der Waals surface area contributed by atoms with Gasteiger partial charge in [0, 0.05) is 24.8 Å². The van der Waals surface area contributed by atoms with Gasteiger partial charge in [0.05, 0.1) is 0 Å². The molecule has 8 heteroatoms. The third-order valence-electron chi connectivity index (χ3n) is 3.49. The van der Waals surface area contributed by atoms with E-state index in [1.54, 1.807) is 13.8 Å². The van der Waals surface area contributed by atoms with Gasteiger partial charge in [0.15, 0.2) is 0 Å². The average Bonchev–Trinajstić information content (AvgIpc) is 2.64. The van der Waals surface area contributed by atoms with Gasteiger partial charge >= 0.3 is 6.03 Å². The molecule has 0 spiro atoms. The minimum absolute atomic E-state index is 0.0249. The number of amides is 4. The van der Waals surface area contributed by atoms with Crippen molar-refractivity contribution < 1.29 is 14.4 Å². The van der Waals surface area contributed by atoms with Crippen LogP contribution in [0.1, 0.15) is 16.8 Å². The van der Waals surface area contributed by atoms with Crippen molar-refractivity contribution in [2.24, 2.45) is 0 Å². The molecule has 2 rings (SSSR count). The summed E-state index contributed by atoms with van der Waals surface area (Å²) in [6.45, 7) is 3.24. The molecule has 1 aromatic heterocycles. The number of carbonyl (C=O) groups is 3. The van der Waals surface area contributed by atoms with E-state index in [4.69, 9.17) is 0 Å². The van der Waals surface area contributed by atoms with Crippen molar-refractivity contribution in [3.05, 3.63) is 33.2 Å². The lowest BCUT2D eigenvalue weighted by Gasteiger charge is -2.14. The van der Waals surface area contributed by atoms with Crippen molar-refractivity contribution >= 4 is 17.8 Å². The van der Waals surface area contributed by atoms with E-state index in [0.29, 0.717) is 5.56 Å². The molecule has 22 heavy (non-hydrogen) atoms.